The minimum atomic E-state index is -0.387. The van der Waals surface area contributed by atoms with Crippen LogP contribution in [0.5, 0.6) is 5.75 Å². The van der Waals surface area contributed by atoms with Gasteiger partial charge >= 0.3 is 0 Å². The van der Waals surface area contributed by atoms with Crippen LogP contribution in [0.15, 0.2) is 42.5 Å². The van der Waals surface area contributed by atoms with Gasteiger partial charge in [-0.15, -0.1) is 0 Å². The monoisotopic (exact) mass is 272 g/mol. The van der Waals surface area contributed by atoms with Gasteiger partial charge < -0.3 is 10.1 Å². The molecule has 5 heteroatoms. The molecule has 0 fully saturated rings. The normalized spacial score (nSPS) is 10.1. The van der Waals surface area contributed by atoms with E-state index in [4.69, 9.17) is 4.74 Å². The Morgan fingerprint density at radius 1 is 1.25 bits per heavy atom. The molecule has 0 aliphatic carbocycles. The molecule has 0 saturated carbocycles. The molecular formula is C15H16N2O3. The van der Waals surface area contributed by atoms with Crippen LogP contribution in [0.2, 0.25) is 0 Å². The lowest BCUT2D eigenvalue weighted by molar-refractivity contribution is -0.384. The first kappa shape index (κ1) is 13.9. The van der Waals surface area contributed by atoms with Crippen LogP contribution in [-0.2, 0) is 6.54 Å². The second-order valence-corrected chi connectivity index (χ2v) is 4.46. The number of methoxy groups -OCH3 is 1. The van der Waals surface area contributed by atoms with E-state index in [1.165, 1.54) is 6.07 Å². The molecule has 0 aliphatic heterocycles. The van der Waals surface area contributed by atoms with Gasteiger partial charge in [0.2, 0.25) is 0 Å². The van der Waals surface area contributed by atoms with Gasteiger partial charge in [-0.1, -0.05) is 12.1 Å². The highest BCUT2D eigenvalue weighted by Gasteiger charge is 2.06. The van der Waals surface area contributed by atoms with Crippen LogP contribution in [-0.4, -0.2) is 12.0 Å². The van der Waals surface area contributed by atoms with Crippen molar-refractivity contribution in [2.45, 2.75) is 13.5 Å². The van der Waals surface area contributed by atoms with E-state index in [0.29, 0.717) is 6.54 Å². The number of nitrogens with zero attached hydrogens (tertiary/aromatic N) is 1. The Kier molecular flexibility index (Phi) is 4.20. The molecular weight excluding hydrogens is 256 g/mol. The van der Waals surface area contributed by atoms with E-state index in [-0.39, 0.29) is 10.6 Å². The lowest BCUT2D eigenvalue weighted by Gasteiger charge is -2.11. The molecule has 0 unspecified atom stereocenters. The summed E-state index contributed by atoms with van der Waals surface area (Å²) in [6.07, 6.45) is 0. The van der Waals surface area contributed by atoms with Crippen molar-refractivity contribution in [3.05, 3.63) is 63.7 Å². The number of hydrogen-bond acceptors (Lipinski definition) is 4. The standard InChI is InChI=1S/C15H16N2O3/c1-11-8-14(20-2)6-7-15(11)16-10-12-4-3-5-13(9-12)17(18)19/h3-9,16H,10H2,1-2H3. The lowest BCUT2D eigenvalue weighted by atomic mass is 10.1. The highest BCUT2D eigenvalue weighted by Crippen LogP contribution is 2.22. The van der Waals surface area contributed by atoms with Crippen LogP contribution in [0.3, 0.4) is 0 Å². The number of rotatable bonds is 5. The second-order valence-electron chi connectivity index (χ2n) is 4.46. The van der Waals surface area contributed by atoms with Crippen molar-refractivity contribution in [3.63, 3.8) is 0 Å². The maximum atomic E-state index is 10.7. The van der Waals surface area contributed by atoms with E-state index in [1.54, 1.807) is 19.2 Å². The zero-order chi connectivity index (χ0) is 14.5. The molecule has 5 nitrogen and oxygen atoms in total. The third-order valence-corrected chi connectivity index (χ3v) is 3.04. The Hall–Kier alpha value is -2.56. The van der Waals surface area contributed by atoms with E-state index in [1.807, 2.05) is 31.2 Å². The Balaban J connectivity index is 2.09. The van der Waals surface area contributed by atoms with Gasteiger partial charge in [0.15, 0.2) is 0 Å². The molecule has 0 heterocycles. The van der Waals surface area contributed by atoms with E-state index in [0.717, 1.165) is 22.6 Å². The predicted molar refractivity (Wildman–Crippen MR) is 78.2 cm³/mol. The van der Waals surface area contributed by atoms with Gasteiger partial charge in [0.05, 0.1) is 12.0 Å². The number of benzene rings is 2. The molecule has 0 radical (unpaired) electrons. The first-order valence-corrected chi connectivity index (χ1v) is 6.22. The summed E-state index contributed by atoms with van der Waals surface area (Å²) in [4.78, 5) is 10.3. The molecule has 104 valence electrons. The molecule has 0 atom stereocenters. The molecule has 2 aromatic carbocycles. The number of nitrogens with one attached hydrogen (secondary N) is 1. The van der Waals surface area contributed by atoms with Crippen molar-refractivity contribution in [1.29, 1.82) is 0 Å². The number of anilines is 1. The van der Waals surface area contributed by atoms with Gasteiger partial charge in [0.1, 0.15) is 5.75 Å². The number of non-ortho nitro benzene ring substituents is 1. The molecule has 0 saturated heterocycles. The molecule has 2 aromatic rings. The fourth-order valence-corrected chi connectivity index (χ4v) is 1.94. The average Bonchev–Trinajstić information content (AvgIpc) is 2.46. The smallest absolute Gasteiger partial charge is 0.269 e. The van der Waals surface area contributed by atoms with Crippen molar-refractivity contribution >= 4 is 11.4 Å². The minimum absolute atomic E-state index is 0.107. The van der Waals surface area contributed by atoms with Gasteiger partial charge in [-0.2, -0.15) is 0 Å². The highest BCUT2D eigenvalue weighted by atomic mass is 16.6. The zero-order valence-electron chi connectivity index (χ0n) is 11.4. The van der Waals surface area contributed by atoms with Crippen molar-refractivity contribution in [1.82, 2.24) is 0 Å². The number of nitro benzene ring substituents is 1. The van der Waals surface area contributed by atoms with Crippen LogP contribution in [0, 0.1) is 17.0 Å². The number of aryl methyl sites for hydroxylation is 1. The summed E-state index contributed by atoms with van der Waals surface area (Å²) in [6.45, 7) is 2.52. The Morgan fingerprint density at radius 3 is 2.70 bits per heavy atom. The van der Waals surface area contributed by atoms with Gasteiger partial charge in [-0.05, 0) is 36.2 Å². The maximum absolute atomic E-state index is 10.7. The van der Waals surface area contributed by atoms with Crippen LogP contribution in [0.4, 0.5) is 11.4 Å². The van der Waals surface area contributed by atoms with Gasteiger partial charge in [0, 0.05) is 24.4 Å². The summed E-state index contributed by atoms with van der Waals surface area (Å²) >= 11 is 0. The molecule has 0 spiro atoms. The summed E-state index contributed by atoms with van der Waals surface area (Å²) in [5.41, 5.74) is 3.03. The first-order valence-electron chi connectivity index (χ1n) is 6.22. The third kappa shape index (κ3) is 3.26. The second kappa shape index (κ2) is 6.06. The fourth-order valence-electron chi connectivity index (χ4n) is 1.94. The summed E-state index contributed by atoms with van der Waals surface area (Å²) in [6, 6.07) is 12.4. The average molecular weight is 272 g/mol. The molecule has 0 amide bonds. The molecule has 0 aliphatic rings. The van der Waals surface area contributed by atoms with Crippen molar-refractivity contribution in [2.75, 3.05) is 12.4 Å². The number of ether oxygens (including phenoxy) is 1. The largest absolute Gasteiger partial charge is 0.497 e. The molecule has 1 N–H and O–H groups in total. The fraction of sp³-hybridized carbons (Fsp3) is 0.200. The predicted octanol–water partition coefficient (Wildman–Crippen LogP) is 3.52. The Labute approximate surface area is 117 Å². The quantitative estimate of drug-likeness (QED) is 0.668. The van der Waals surface area contributed by atoms with E-state index in [2.05, 4.69) is 5.32 Å². The third-order valence-electron chi connectivity index (χ3n) is 3.04. The van der Waals surface area contributed by atoms with Crippen LogP contribution in [0.1, 0.15) is 11.1 Å². The van der Waals surface area contributed by atoms with Crippen LogP contribution in [0.25, 0.3) is 0 Å². The molecule has 2 rings (SSSR count). The van der Waals surface area contributed by atoms with Crippen molar-refractivity contribution < 1.29 is 9.66 Å². The Morgan fingerprint density at radius 2 is 2.05 bits per heavy atom. The van der Waals surface area contributed by atoms with Crippen LogP contribution < -0.4 is 10.1 Å². The zero-order valence-corrected chi connectivity index (χ0v) is 11.4. The number of nitro groups is 1. The topological polar surface area (TPSA) is 64.4 Å². The van der Waals surface area contributed by atoms with Gasteiger partial charge in [-0.25, -0.2) is 0 Å². The lowest BCUT2D eigenvalue weighted by Crippen LogP contribution is -2.01. The van der Waals surface area contributed by atoms with Gasteiger partial charge in [0.25, 0.3) is 5.69 Å². The summed E-state index contributed by atoms with van der Waals surface area (Å²) in [5.74, 6) is 0.809. The van der Waals surface area contributed by atoms with E-state index in [9.17, 15) is 10.1 Å². The Bertz CT molecular complexity index is 626. The molecule has 0 bridgehead atoms. The van der Waals surface area contributed by atoms with Crippen LogP contribution >= 0.6 is 0 Å². The summed E-state index contributed by atoms with van der Waals surface area (Å²) < 4.78 is 5.15. The molecule has 0 aromatic heterocycles. The molecule has 20 heavy (non-hydrogen) atoms. The minimum Gasteiger partial charge on any atom is -0.497 e. The van der Waals surface area contributed by atoms with Crippen molar-refractivity contribution in [2.24, 2.45) is 0 Å². The van der Waals surface area contributed by atoms with Crippen molar-refractivity contribution in [3.8, 4) is 5.75 Å². The maximum Gasteiger partial charge on any atom is 0.269 e. The highest BCUT2D eigenvalue weighted by molar-refractivity contribution is 5.54. The summed E-state index contributed by atoms with van der Waals surface area (Å²) in [5, 5.41) is 14.0. The summed E-state index contributed by atoms with van der Waals surface area (Å²) in [7, 11) is 1.63. The SMILES string of the molecule is COc1ccc(NCc2cccc([N+](=O)[O-])c2)c(C)c1. The van der Waals surface area contributed by atoms with Gasteiger partial charge in [-0.3, -0.25) is 10.1 Å². The number of hydrogen-bond donors (Lipinski definition) is 1. The first-order chi connectivity index (χ1) is 9.60. The van der Waals surface area contributed by atoms with E-state index < -0.39 is 0 Å². The van der Waals surface area contributed by atoms with E-state index >= 15 is 0 Å².